The lowest BCUT2D eigenvalue weighted by Crippen LogP contribution is -2.15. The van der Waals surface area contributed by atoms with E-state index in [0.717, 1.165) is 0 Å². The van der Waals surface area contributed by atoms with Crippen LogP contribution in [0, 0.1) is 23.0 Å². The van der Waals surface area contributed by atoms with E-state index in [0.29, 0.717) is 11.1 Å². The summed E-state index contributed by atoms with van der Waals surface area (Å²) in [5.74, 6) is -1.45. The number of hydrogen-bond acceptors (Lipinski definition) is 3. The zero-order chi connectivity index (χ0) is 18.7. The van der Waals surface area contributed by atoms with E-state index in [1.807, 2.05) is 6.07 Å². The number of carbonyl (C=O) groups is 1. The van der Waals surface area contributed by atoms with Gasteiger partial charge in [0.1, 0.15) is 34.8 Å². The molecule has 3 rings (SSSR count). The molecule has 0 saturated heterocycles. The Morgan fingerprint density at radius 3 is 2.35 bits per heavy atom. The van der Waals surface area contributed by atoms with E-state index in [4.69, 9.17) is 10.5 Å². The van der Waals surface area contributed by atoms with Crippen molar-refractivity contribution in [1.29, 1.82) is 5.26 Å². The van der Waals surface area contributed by atoms with Gasteiger partial charge in [-0.3, -0.25) is 4.79 Å². The molecule has 0 bridgehead atoms. The van der Waals surface area contributed by atoms with Gasteiger partial charge >= 0.3 is 0 Å². The highest BCUT2D eigenvalue weighted by molar-refractivity contribution is 6.00. The molecule has 0 aliphatic heterocycles. The topological polar surface area (TPSA) is 76.1 Å². The number of hydrogen-bond donors (Lipinski definition) is 1. The molecule has 0 fully saturated rings. The summed E-state index contributed by atoms with van der Waals surface area (Å²) in [5.41, 5.74) is 6.07. The average molecular weight is 350 g/mol. The van der Waals surface area contributed by atoms with E-state index >= 15 is 0 Å². The summed E-state index contributed by atoms with van der Waals surface area (Å²) >= 11 is 0. The van der Waals surface area contributed by atoms with Crippen LogP contribution >= 0.6 is 0 Å². The summed E-state index contributed by atoms with van der Waals surface area (Å²) in [5, 5.41) is 9.55. The number of halogens is 2. The number of amides is 1. The summed E-state index contributed by atoms with van der Waals surface area (Å²) < 4.78 is 32.1. The van der Waals surface area contributed by atoms with Crippen LogP contribution in [0.25, 0.3) is 11.1 Å². The molecule has 128 valence electrons. The third kappa shape index (κ3) is 3.37. The second kappa shape index (κ2) is 7.03. The van der Waals surface area contributed by atoms with Crippen LogP contribution in [0.15, 0.2) is 60.7 Å². The molecule has 0 unspecified atom stereocenters. The minimum absolute atomic E-state index is 0.0253. The first-order chi connectivity index (χ1) is 12.5. The number of nitrogens with zero attached hydrogens (tertiary/aromatic N) is 1. The van der Waals surface area contributed by atoms with Gasteiger partial charge in [0, 0.05) is 5.56 Å². The lowest BCUT2D eigenvalue weighted by molar-refractivity contribution is 0.0998. The molecular weight excluding hydrogens is 338 g/mol. The molecule has 2 N–H and O–H groups in total. The maximum atomic E-state index is 13.5. The Bertz CT molecular complexity index is 1020. The van der Waals surface area contributed by atoms with Crippen LogP contribution in [-0.2, 0) is 0 Å². The van der Waals surface area contributed by atoms with Crippen molar-refractivity contribution in [3.05, 3.63) is 83.4 Å². The fourth-order valence-corrected chi connectivity index (χ4v) is 2.56. The molecule has 0 atom stereocenters. The highest BCUT2D eigenvalue weighted by Crippen LogP contribution is 2.34. The number of rotatable bonds is 4. The van der Waals surface area contributed by atoms with Crippen molar-refractivity contribution in [2.45, 2.75) is 0 Å². The summed E-state index contributed by atoms with van der Waals surface area (Å²) in [6.07, 6.45) is 0. The molecule has 0 aromatic heterocycles. The molecule has 0 aliphatic carbocycles. The fourth-order valence-electron chi connectivity index (χ4n) is 2.56. The van der Waals surface area contributed by atoms with E-state index in [-0.39, 0.29) is 22.6 Å². The van der Waals surface area contributed by atoms with Crippen LogP contribution in [0.4, 0.5) is 8.78 Å². The third-order valence-electron chi connectivity index (χ3n) is 3.70. The molecule has 0 heterocycles. The van der Waals surface area contributed by atoms with Gasteiger partial charge in [-0.15, -0.1) is 0 Å². The molecular formula is C20H12F2N2O2. The van der Waals surface area contributed by atoms with Crippen molar-refractivity contribution in [2.24, 2.45) is 5.73 Å². The van der Waals surface area contributed by atoms with Gasteiger partial charge in [-0.05, 0) is 54.1 Å². The minimum Gasteiger partial charge on any atom is -0.456 e. The Hall–Kier alpha value is -3.72. The molecule has 0 spiro atoms. The van der Waals surface area contributed by atoms with Gasteiger partial charge < -0.3 is 10.5 Å². The monoisotopic (exact) mass is 350 g/mol. The Morgan fingerprint density at radius 2 is 1.73 bits per heavy atom. The Balaban J connectivity index is 2.14. The zero-order valence-electron chi connectivity index (χ0n) is 13.4. The molecule has 1 amide bonds. The molecule has 0 radical (unpaired) electrons. The first-order valence-corrected chi connectivity index (χ1v) is 7.56. The van der Waals surface area contributed by atoms with Crippen molar-refractivity contribution in [2.75, 3.05) is 0 Å². The molecule has 3 aromatic carbocycles. The first kappa shape index (κ1) is 17.1. The number of carbonyl (C=O) groups excluding carboxylic acids is 1. The Morgan fingerprint density at radius 1 is 1.00 bits per heavy atom. The number of benzene rings is 3. The number of ether oxygens (including phenoxy) is 1. The summed E-state index contributed by atoms with van der Waals surface area (Å²) in [4.78, 5) is 12.0. The maximum Gasteiger partial charge on any atom is 0.253 e. The van der Waals surface area contributed by atoms with Crippen LogP contribution in [0.1, 0.15) is 15.9 Å². The van der Waals surface area contributed by atoms with Crippen LogP contribution in [0.5, 0.6) is 11.5 Å². The summed E-state index contributed by atoms with van der Waals surface area (Å²) in [6, 6.07) is 15.7. The van der Waals surface area contributed by atoms with Crippen LogP contribution < -0.4 is 10.5 Å². The van der Waals surface area contributed by atoms with Crippen molar-refractivity contribution < 1.29 is 18.3 Å². The van der Waals surface area contributed by atoms with Crippen LogP contribution in [-0.4, -0.2) is 5.91 Å². The van der Waals surface area contributed by atoms with Gasteiger partial charge in [-0.25, -0.2) is 8.78 Å². The van der Waals surface area contributed by atoms with Crippen molar-refractivity contribution in [1.82, 2.24) is 0 Å². The van der Waals surface area contributed by atoms with Crippen molar-refractivity contribution >= 4 is 5.91 Å². The standard InChI is InChI=1S/C20H12F2N2O2/c21-13-4-6-15(7-5-13)26-18-9-8-16(12-2-1-3-14(22)10-12)17(11-23)19(18)20(24)25/h1-10H,(H2,24,25). The lowest BCUT2D eigenvalue weighted by Gasteiger charge is -2.14. The highest BCUT2D eigenvalue weighted by atomic mass is 19.1. The quantitative estimate of drug-likeness (QED) is 0.758. The van der Waals surface area contributed by atoms with Crippen LogP contribution in [0.3, 0.4) is 0 Å². The second-order valence-corrected chi connectivity index (χ2v) is 5.40. The van der Waals surface area contributed by atoms with Crippen LogP contribution in [0.2, 0.25) is 0 Å². The Labute approximate surface area is 148 Å². The fraction of sp³-hybridized carbons (Fsp3) is 0. The number of nitriles is 1. The average Bonchev–Trinajstić information content (AvgIpc) is 2.62. The molecule has 0 aliphatic rings. The largest absolute Gasteiger partial charge is 0.456 e. The summed E-state index contributed by atoms with van der Waals surface area (Å²) in [7, 11) is 0. The van der Waals surface area contributed by atoms with Gasteiger partial charge in [0.15, 0.2) is 0 Å². The van der Waals surface area contributed by atoms with E-state index in [1.54, 1.807) is 12.1 Å². The number of primary amides is 1. The second-order valence-electron chi connectivity index (χ2n) is 5.40. The number of nitrogens with two attached hydrogens (primary N) is 1. The van der Waals surface area contributed by atoms with Crippen molar-refractivity contribution in [3.63, 3.8) is 0 Å². The molecule has 6 heteroatoms. The summed E-state index contributed by atoms with van der Waals surface area (Å²) in [6.45, 7) is 0. The predicted molar refractivity (Wildman–Crippen MR) is 91.5 cm³/mol. The van der Waals surface area contributed by atoms with Gasteiger partial charge in [0.25, 0.3) is 5.91 Å². The maximum absolute atomic E-state index is 13.5. The molecule has 26 heavy (non-hydrogen) atoms. The van der Waals surface area contributed by atoms with E-state index < -0.39 is 17.5 Å². The lowest BCUT2D eigenvalue weighted by atomic mass is 9.95. The van der Waals surface area contributed by atoms with E-state index in [1.165, 1.54) is 48.5 Å². The predicted octanol–water partition coefficient (Wildman–Crippen LogP) is 4.39. The third-order valence-corrected chi connectivity index (χ3v) is 3.70. The van der Waals surface area contributed by atoms with E-state index in [2.05, 4.69) is 0 Å². The van der Waals surface area contributed by atoms with Gasteiger partial charge in [0.2, 0.25) is 0 Å². The van der Waals surface area contributed by atoms with Gasteiger partial charge in [0.05, 0.1) is 5.56 Å². The van der Waals surface area contributed by atoms with Gasteiger partial charge in [-0.1, -0.05) is 12.1 Å². The minimum atomic E-state index is -0.864. The molecule has 3 aromatic rings. The SMILES string of the molecule is N#Cc1c(-c2cccc(F)c2)ccc(Oc2ccc(F)cc2)c1C(N)=O. The van der Waals surface area contributed by atoms with Gasteiger partial charge in [-0.2, -0.15) is 5.26 Å². The highest BCUT2D eigenvalue weighted by Gasteiger charge is 2.20. The molecule has 4 nitrogen and oxygen atoms in total. The first-order valence-electron chi connectivity index (χ1n) is 7.56. The smallest absolute Gasteiger partial charge is 0.253 e. The Kier molecular flexibility index (Phi) is 4.63. The molecule has 0 saturated carbocycles. The van der Waals surface area contributed by atoms with E-state index in [9.17, 15) is 18.8 Å². The normalized spacial score (nSPS) is 10.2. The van der Waals surface area contributed by atoms with Crippen molar-refractivity contribution in [3.8, 4) is 28.7 Å². The zero-order valence-corrected chi connectivity index (χ0v) is 13.4.